The van der Waals surface area contributed by atoms with Crippen LogP contribution < -0.4 is 0 Å². The lowest BCUT2D eigenvalue weighted by molar-refractivity contribution is 0.123. The van der Waals surface area contributed by atoms with E-state index in [1.54, 1.807) is 33.5 Å². The summed E-state index contributed by atoms with van der Waals surface area (Å²) in [5, 5.41) is 0. The fourth-order valence-electron chi connectivity index (χ4n) is 1.68. The number of aryl methyl sites for hydroxylation is 1. The molecule has 116 valence electrons. The Balaban J connectivity index is 0.00000361. The molecular formula is C11H19ClO6SSi. The first kappa shape index (κ1) is 19.5. The van der Waals surface area contributed by atoms with Crippen LogP contribution in [0.2, 0.25) is 6.04 Å². The minimum absolute atomic E-state index is 0. The number of benzene rings is 1. The Morgan fingerprint density at radius 1 is 1.05 bits per heavy atom. The largest absolute Gasteiger partial charge is 0.500 e. The molecule has 0 amide bonds. The third-order valence-corrected chi connectivity index (χ3v) is 6.47. The summed E-state index contributed by atoms with van der Waals surface area (Å²) in [7, 11) is -2.13. The van der Waals surface area contributed by atoms with Gasteiger partial charge in [0.1, 0.15) is 0 Å². The van der Waals surface area contributed by atoms with E-state index in [2.05, 4.69) is 0 Å². The minimum Gasteiger partial charge on any atom is -0.377 e. The molecule has 0 saturated carbocycles. The predicted octanol–water partition coefficient (Wildman–Crippen LogP) is 1.78. The molecule has 0 heterocycles. The molecule has 0 bridgehead atoms. The standard InChI is InChI=1S/C11H18O6SSi.ClH/c1-15-19(16-2,17-3)9-8-10-4-6-11(7-5-10)18(12,13)14;/h4-7H,8-9H2,1-3H3,(H,12,13,14);1H. The molecule has 0 unspecified atom stereocenters. The van der Waals surface area contributed by atoms with E-state index < -0.39 is 18.9 Å². The average molecular weight is 343 g/mol. The first-order chi connectivity index (χ1) is 8.87. The molecule has 0 fully saturated rings. The topological polar surface area (TPSA) is 82.1 Å². The highest BCUT2D eigenvalue weighted by atomic mass is 35.5. The SMILES string of the molecule is CO[Si](CCc1ccc(S(=O)(=O)O)cc1)(OC)OC.Cl. The van der Waals surface area contributed by atoms with E-state index in [0.717, 1.165) is 5.56 Å². The zero-order valence-electron chi connectivity index (χ0n) is 11.5. The van der Waals surface area contributed by atoms with Crippen molar-refractivity contribution in [2.45, 2.75) is 17.4 Å². The Bertz CT molecular complexity index is 492. The number of halogens is 1. The van der Waals surface area contributed by atoms with Crippen molar-refractivity contribution in [1.82, 2.24) is 0 Å². The Kier molecular flexibility index (Phi) is 7.89. The highest BCUT2D eigenvalue weighted by molar-refractivity contribution is 7.85. The lowest BCUT2D eigenvalue weighted by Gasteiger charge is -2.24. The number of hydrogen-bond donors (Lipinski definition) is 1. The first-order valence-corrected chi connectivity index (χ1v) is 8.96. The molecule has 1 aromatic carbocycles. The normalized spacial score (nSPS) is 12.0. The van der Waals surface area contributed by atoms with Crippen LogP contribution in [0.15, 0.2) is 29.2 Å². The summed E-state index contributed by atoms with van der Waals surface area (Å²) < 4.78 is 46.6. The lowest BCUT2D eigenvalue weighted by atomic mass is 10.2. The van der Waals surface area contributed by atoms with Gasteiger partial charge >= 0.3 is 8.80 Å². The second-order valence-electron chi connectivity index (χ2n) is 3.91. The van der Waals surface area contributed by atoms with Gasteiger partial charge in [0, 0.05) is 27.4 Å². The molecule has 1 N–H and O–H groups in total. The van der Waals surface area contributed by atoms with Crippen LogP contribution in [0, 0.1) is 0 Å². The van der Waals surface area contributed by atoms with Crippen molar-refractivity contribution in [3.05, 3.63) is 29.8 Å². The fraction of sp³-hybridized carbons (Fsp3) is 0.455. The van der Waals surface area contributed by atoms with E-state index in [4.69, 9.17) is 17.8 Å². The summed E-state index contributed by atoms with van der Waals surface area (Å²) >= 11 is 0. The van der Waals surface area contributed by atoms with Crippen LogP contribution in [0.3, 0.4) is 0 Å². The van der Waals surface area contributed by atoms with E-state index in [1.165, 1.54) is 12.1 Å². The molecule has 0 spiro atoms. The molecule has 1 rings (SSSR count). The first-order valence-electron chi connectivity index (χ1n) is 5.59. The Morgan fingerprint density at radius 3 is 1.85 bits per heavy atom. The van der Waals surface area contributed by atoms with Crippen molar-refractivity contribution in [1.29, 1.82) is 0 Å². The van der Waals surface area contributed by atoms with Gasteiger partial charge in [0.05, 0.1) is 4.90 Å². The summed E-state index contributed by atoms with van der Waals surface area (Å²) in [5.41, 5.74) is 0.912. The van der Waals surface area contributed by atoms with Gasteiger partial charge in [0.2, 0.25) is 0 Å². The molecule has 0 aliphatic rings. The molecule has 9 heteroatoms. The monoisotopic (exact) mass is 342 g/mol. The van der Waals surface area contributed by atoms with Gasteiger partial charge in [0.25, 0.3) is 10.1 Å². The van der Waals surface area contributed by atoms with Crippen molar-refractivity contribution in [3.63, 3.8) is 0 Å². The van der Waals surface area contributed by atoms with Crippen LogP contribution in [0.5, 0.6) is 0 Å². The summed E-state index contributed by atoms with van der Waals surface area (Å²) in [6.45, 7) is 0. The maximum atomic E-state index is 10.9. The van der Waals surface area contributed by atoms with E-state index in [9.17, 15) is 8.42 Å². The molecule has 0 aromatic heterocycles. The molecule has 1 aromatic rings. The zero-order chi connectivity index (χ0) is 14.5. The Hall–Kier alpha value is -0.483. The number of rotatable bonds is 7. The van der Waals surface area contributed by atoms with E-state index in [-0.39, 0.29) is 17.3 Å². The summed E-state index contributed by atoms with van der Waals surface area (Å²) in [6.07, 6.45) is 0.632. The Morgan fingerprint density at radius 2 is 1.50 bits per heavy atom. The zero-order valence-corrected chi connectivity index (χ0v) is 14.2. The predicted molar refractivity (Wildman–Crippen MR) is 78.8 cm³/mol. The summed E-state index contributed by atoms with van der Waals surface area (Å²) in [6, 6.07) is 6.59. The van der Waals surface area contributed by atoms with Gasteiger partial charge in [0.15, 0.2) is 0 Å². The maximum absolute atomic E-state index is 10.9. The molecule has 0 aliphatic heterocycles. The van der Waals surface area contributed by atoms with Gasteiger partial charge in [-0.2, -0.15) is 8.42 Å². The van der Waals surface area contributed by atoms with Crippen LogP contribution in [0.4, 0.5) is 0 Å². The van der Waals surface area contributed by atoms with Gasteiger partial charge in [-0.05, 0) is 24.1 Å². The molecule has 20 heavy (non-hydrogen) atoms. The van der Waals surface area contributed by atoms with Gasteiger partial charge in [-0.25, -0.2) is 0 Å². The van der Waals surface area contributed by atoms with Gasteiger partial charge in [-0.15, -0.1) is 12.4 Å². The lowest BCUT2D eigenvalue weighted by Crippen LogP contribution is -2.43. The molecule has 6 nitrogen and oxygen atoms in total. The van der Waals surface area contributed by atoms with Gasteiger partial charge < -0.3 is 13.3 Å². The van der Waals surface area contributed by atoms with Crippen molar-refractivity contribution < 1.29 is 26.2 Å². The fourth-order valence-corrected chi connectivity index (χ4v) is 3.87. The third-order valence-electron chi connectivity index (χ3n) is 2.87. The molecule has 0 saturated heterocycles. The third kappa shape index (κ3) is 5.13. The second kappa shape index (κ2) is 8.08. The molecular weight excluding hydrogens is 324 g/mol. The van der Waals surface area contributed by atoms with Crippen molar-refractivity contribution in [3.8, 4) is 0 Å². The van der Waals surface area contributed by atoms with Crippen molar-refractivity contribution >= 4 is 31.3 Å². The van der Waals surface area contributed by atoms with Crippen LogP contribution in [-0.2, 0) is 29.8 Å². The van der Waals surface area contributed by atoms with E-state index >= 15 is 0 Å². The highest BCUT2D eigenvalue weighted by Gasteiger charge is 2.37. The van der Waals surface area contributed by atoms with E-state index in [1.807, 2.05) is 0 Å². The quantitative estimate of drug-likeness (QED) is 0.600. The average Bonchev–Trinajstić information content (AvgIpc) is 2.40. The number of hydrogen-bond acceptors (Lipinski definition) is 5. The van der Waals surface area contributed by atoms with E-state index in [0.29, 0.717) is 12.5 Å². The minimum atomic E-state index is -4.14. The second-order valence-corrected chi connectivity index (χ2v) is 8.43. The molecule has 0 radical (unpaired) electrons. The van der Waals surface area contributed by atoms with Gasteiger partial charge in [-0.3, -0.25) is 4.55 Å². The van der Waals surface area contributed by atoms with Crippen LogP contribution >= 0.6 is 12.4 Å². The van der Waals surface area contributed by atoms with Crippen LogP contribution in [-0.4, -0.2) is 43.1 Å². The van der Waals surface area contributed by atoms with Crippen molar-refractivity contribution in [2.24, 2.45) is 0 Å². The Labute approximate surface area is 126 Å². The highest BCUT2D eigenvalue weighted by Crippen LogP contribution is 2.18. The summed E-state index contributed by atoms with van der Waals surface area (Å²) in [4.78, 5) is -0.120. The smallest absolute Gasteiger partial charge is 0.377 e. The van der Waals surface area contributed by atoms with Crippen LogP contribution in [0.1, 0.15) is 5.56 Å². The van der Waals surface area contributed by atoms with Crippen molar-refractivity contribution in [2.75, 3.05) is 21.3 Å². The molecule has 0 aliphatic carbocycles. The van der Waals surface area contributed by atoms with Gasteiger partial charge in [-0.1, -0.05) is 12.1 Å². The summed E-state index contributed by atoms with van der Waals surface area (Å²) in [5.74, 6) is 0. The molecule has 0 atom stereocenters. The van der Waals surface area contributed by atoms with Crippen LogP contribution in [0.25, 0.3) is 0 Å². The maximum Gasteiger partial charge on any atom is 0.500 e.